The zero-order valence-electron chi connectivity index (χ0n) is 19.0. The molecule has 0 heterocycles. The average Bonchev–Trinajstić information content (AvgIpc) is 3.09. The SMILES string of the molecule is COC(=O)C(C)N(C(C)=O)C1=CCC2(C)C(CCC3C4CCCC4(C)CCC32)C1. The van der Waals surface area contributed by atoms with Crippen molar-refractivity contribution in [2.24, 2.45) is 34.5 Å². The highest BCUT2D eigenvalue weighted by molar-refractivity contribution is 5.84. The summed E-state index contributed by atoms with van der Waals surface area (Å²) >= 11 is 0. The van der Waals surface area contributed by atoms with Gasteiger partial charge in [0.25, 0.3) is 0 Å². The van der Waals surface area contributed by atoms with Crippen LogP contribution in [0.2, 0.25) is 0 Å². The van der Waals surface area contributed by atoms with Gasteiger partial charge in [-0.3, -0.25) is 4.79 Å². The number of rotatable bonds is 3. The number of ether oxygens (including phenoxy) is 1. The van der Waals surface area contributed by atoms with Crippen LogP contribution < -0.4 is 0 Å². The van der Waals surface area contributed by atoms with E-state index in [0.717, 1.165) is 36.3 Å². The molecule has 0 spiro atoms. The summed E-state index contributed by atoms with van der Waals surface area (Å²) in [7, 11) is 1.39. The second-order valence-electron chi connectivity index (χ2n) is 10.9. The van der Waals surface area contributed by atoms with Crippen molar-refractivity contribution in [1.82, 2.24) is 4.90 Å². The number of carbonyl (C=O) groups excluding carboxylic acids is 2. The molecule has 4 nitrogen and oxygen atoms in total. The molecular formula is C25H39NO3. The number of allylic oxidation sites excluding steroid dienone is 2. The summed E-state index contributed by atoms with van der Waals surface area (Å²) in [5, 5.41) is 0. The van der Waals surface area contributed by atoms with Gasteiger partial charge in [-0.05, 0) is 92.8 Å². The first-order chi connectivity index (χ1) is 13.7. The van der Waals surface area contributed by atoms with Crippen LogP contribution in [0.25, 0.3) is 0 Å². The van der Waals surface area contributed by atoms with Crippen molar-refractivity contribution in [1.29, 1.82) is 0 Å². The van der Waals surface area contributed by atoms with E-state index >= 15 is 0 Å². The Bertz CT molecular complexity index is 715. The number of hydrogen-bond acceptors (Lipinski definition) is 3. The van der Waals surface area contributed by atoms with Gasteiger partial charge in [-0.25, -0.2) is 4.79 Å². The molecule has 0 radical (unpaired) electrons. The molecule has 29 heavy (non-hydrogen) atoms. The van der Waals surface area contributed by atoms with Crippen molar-refractivity contribution in [2.45, 2.75) is 91.5 Å². The first kappa shape index (κ1) is 20.9. The molecule has 4 rings (SSSR count). The van der Waals surface area contributed by atoms with Crippen molar-refractivity contribution in [3.05, 3.63) is 11.8 Å². The van der Waals surface area contributed by atoms with Crippen LogP contribution in [-0.2, 0) is 14.3 Å². The average molecular weight is 402 g/mol. The lowest BCUT2D eigenvalue weighted by Crippen LogP contribution is -2.52. The van der Waals surface area contributed by atoms with Crippen LogP contribution in [0, 0.1) is 34.5 Å². The van der Waals surface area contributed by atoms with Gasteiger partial charge in [-0.2, -0.15) is 0 Å². The second-order valence-corrected chi connectivity index (χ2v) is 10.9. The zero-order valence-corrected chi connectivity index (χ0v) is 19.0. The maximum absolute atomic E-state index is 12.4. The van der Waals surface area contributed by atoms with E-state index in [1.807, 2.05) is 0 Å². The molecule has 7 atom stereocenters. The molecule has 4 heteroatoms. The third-order valence-electron chi connectivity index (χ3n) is 9.66. The Hall–Kier alpha value is -1.32. The topological polar surface area (TPSA) is 46.6 Å². The van der Waals surface area contributed by atoms with E-state index in [2.05, 4.69) is 19.9 Å². The van der Waals surface area contributed by atoms with Gasteiger partial charge in [0.2, 0.25) is 5.91 Å². The van der Waals surface area contributed by atoms with E-state index in [1.54, 1.807) is 18.7 Å². The summed E-state index contributed by atoms with van der Waals surface area (Å²) in [6.45, 7) is 8.43. The maximum Gasteiger partial charge on any atom is 0.328 e. The van der Waals surface area contributed by atoms with Crippen molar-refractivity contribution >= 4 is 11.9 Å². The molecule has 4 aliphatic rings. The Morgan fingerprint density at radius 3 is 2.59 bits per heavy atom. The van der Waals surface area contributed by atoms with Crippen molar-refractivity contribution in [3.63, 3.8) is 0 Å². The van der Waals surface area contributed by atoms with Gasteiger partial charge in [-0.15, -0.1) is 0 Å². The fourth-order valence-electron chi connectivity index (χ4n) is 8.05. The smallest absolute Gasteiger partial charge is 0.328 e. The Kier molecular flexibility index (Phi) is 5.36. The van der Waals surface area contributed by atoms with Crippen LogP contribution in [0.5, 0.6) is 0 Å². The number of esters is 1. The predicted octanol–water partition coefficient (Wildman–Crippen LogP) is 5.32. The fourth-order valence-corrected chi connectivity index (χ4v) is 8.05. The highest BCUT2D eigenvalue weighted by atomic mass is 16.5. The maximum atomic E-state index is 12.4. The molecule has 0 aromatic carbocycles. The molecule has 0 aromatic heterocycles. The Morgan fingerprint density at radius 2 is 1.90 bits per heavy atom. The highest BCUT2D eigenvalue weighted by Gasteiger charge is 2.57. The monoisotopic (exact) mass is 401 g/mol. The molecule has 0 N–H and O–H groups in total. The molecule has 0 aliphatic heterocycles. The van der Waals surface area contributed by atoms with Crippen LogP contribution in [0.15, 0.2) is 11.8 Å². The summed E-state index contributed by atoms with van der Waals surface area (Å²) in [5.74, 6) is 2.85. The molecule has 0 saturated heterocycles. The van der Waals surface area contributed by atoms with E-state index in [1.165, 1.54) is 52.1 Å². The van der Waals surface area contributed by atoms with Crippen LogP contribution in [0.4, 0.5) is 0 Å². The molecule has 0 bridgehead atoms. The predicted molar refractivity (Wildman–Crippen MR) is 114 cm³/mol. The summed E-state index contributed by atoms with van der Waals surface area (Å²) in [6.07, 6.45) is 13.9. The van der Waals surface area contributed by atoms with Crippen molar-refractivity contribution in [3.8, 4) is 0 Å². The molecular weight excluding hydrogens is 362 g/mol. The quantitative estimate of drug-likeness (QED) is 0.601. The number of nitrogens with zero attached hydrogens (tertiary/aromatic N) is 1. The first-order valence-corrected chi connectivity index (χ1v) is 11.8. The Balaban J connectivity index is 1.58. The van der Waals surface area contributed by atoms with Crippen molar-refractivity contribution < 1.29 is 14.3 Å². The normalized spacial score (nSPS) is 42.0. The number of methoxy groups -OCH3 is 1. The minimum Gasteiger partial charge on any atom is -0.467 e. The van der Waals surface area contributed by atoms with Gasteiger partial charge in [0.1, 0.15) is 6.04 Å². The number of carbonyl (C=O) groups is 2. The van der Waals surface area contributed by atoms with Crippen LogP contribution >= 0.6 is 0 Å². The lowest BCUT2D eigenvalue weighted by atomic mass is 9.46. The minimum atomic E-state index is -0.557. The van der Waals surface area contributed by atoms with E-state index in [4.69, 9.17) is 4.74 Å². The van der Waals surface area contributed by atoms with E-state index in [-0.39, 0.29) is 11.9 Å². The lowest BCUT2D eigenvalue weighted by molar-refractivity contribution is -0.150. The summed E-state index contributed by atoms with van der Waals surface area (Å²) in [5.41, 5.74) is 1.98. The third-order valence-corrected chi connectivity index (χ3v) is 9.66. The van der Waals surface area contributed by atoms with Gasteiger partial charge in [0, 0.05) is 12.6 Å². The molecule has 3 fully saturated rings. The summed E-state index contributed by atoms with van der Waals surface area (Å²) in [4.78, 5) is 26.2. The zero-order chi connectivity index (χ0) is 21.0. The van der Waals surface area contributed by atoms with E-state index in [9.17, 15) is 9.59 Å². The highest BCUT2D eigenvalue weighted by Crippen LogP contribution is 2.66. The molecule has 4 aliphatic carbocycles. The van der Waals surface area contributed by atoms with Gasteiger partial charge >= 0.3 is 5.97 Å². The Morgan fingerprint density at radius 1 is 1.14 bits per heavy atom. The van der Waals surface area contributed by atoms with Gasteiger partial charge in [0.05, 0.1) is 7.11 Å². The largest absolute Gasteiger partial charge is 0.467 e. The minimum absolute atomic E-state index is 0.0640. The Labute approximate surface area is 176 Å². The van der Waals surface area contributed by atoms with E-state index < -0.39 is 6.04 Å². The third kappa shape index (κ3) is 3.25. The number of amides is 1. The number of hydrogen-bond donors (Lipinski definition) is 0. The standard InChI is InChI=1S/C25H39NO3/c1-16(23(28)29-5)26(17(2)27)19-10-14-25(4)18(15-19)8-9-20-21-7-6-12-24(21,3)13-11-22(20)25/h10,16,18,20-22H,6-9,11-15H2,1-5H3. The summed E-state index contributed by atoms with van der Waals surface area (Å²) < 4.78 is 4.92. The second kappa shape index (κ2) is 7.42. The lowest BCUT2D eigenvalue weighted by Gasteiger charge is -2.59. The first-order valence-electron chi connectivity index (χ1n) is 11.8. The van der Waals surface area contributed by atoms with Gasteiger partial charge in [0.15, 0.2) is 0 Å². The number of fused-ring (bicyclic) bond motifs is 5. The van der Waals surface area contributed by atoms with Crippen LogP contribution in [0.3, 0.4) is 0 Å². The summed E-state index contributed by atoms with van der Waals surface area (Å²) in [6, 6.07) is -0.557. The molecule has 1 amide bonds. The molecule has 3 saturated carbocycles. The van der Waals surface area contributed by atoms with E-state index in [0.29, 0.717) is 16.7 Å². The fraction of sp³-hybridized carbons (Fsp3) is 0.840. The molecule has 0 aromatic rings. The van der Waals surface area contributed by atoms with Gasteiger partial charge < -0.3 is 9.64 Å². The molecule has 162 valence electrons. The molecule has 7 unspecified atom stereocenters. The van der Waals surface area contributed by atoms with Crippen molar-refractivity contribution in [2.75, 3.05) is 7.11 Å². The van der Waals surface area contributed by atoms with Crippen LogP contribution in [0.1, 0.15) is 85.5 Å². The van der Waals surface area contributed by atoms with Gasteiger partial charge in [-0.1, -0.05) is 26.3 Å². The van der Waals surface area contributed by atoms with Crippen LogP contribution in [-0.4, -0.2) is 29.9 Å².